The molecule has 0 saturated carbocycles. The van der Waals surface area contributed by atoms with Gasteiger partial charge in [0.15, 0.2) is 0 Å². The third-order valence-corrected chi connectivity index (χ3v) is 4.97. The first-order valence-electron chi connectivity index (χ1n) is 5.91. The third-order valence-electron chi connectivity index (χ3n) is 3.05. The van der Waals surface area contributed by atoms with E-state index >= 15 is 0 Å². The van der Waals surface area contributed by atoms with E-state index in [1.54, 1.807) is 6.92 Å². The molecular weight excluding hydrogens is 285 g/mol. The molecule has 1 saturated heterocycles. The zero-order valence-corrected chi connectivity index (χ0v) is 11.3. The first kappa shape index (κ1) is 16.2. The molecule has 0 aromatic carbocycles. The summed E-state index contributed by atoms with van der Waals surface area (Å²) in [5.74, 6) is -0.735. The van der Waals surface area contributed by atoms with E-state index in [4.69, 9.17) is 5.21 Å². The Hall–Kier alpha value is -0.830. The molecule has 0 radical (unpaired) electrons. The summed E-state index contributed by atoms with van der Waals surface area (Å²) in [6.07, 6.45) is -5.56. The largest absolute Gasteiger partial charge is 0.411 e. The smallest absolute Gasteiger partial charge is 0.389 e. The van der Waals surface area contributed by atoms with Crippen LogP contribution < -0.4 is 0 Å². The molecule has 1 fully saturated rings. The van der Waals surface area contributed by atoms with E-state index in [0.29, 0.717) is 12.1 Å². The van der Waals surface area contributed by atoms with Crippen molar-refractivity contribution >= 4 is 15.7 Å². The van der Waals surface area contributed by atoms with Crippen LogP contribution in [0.5, 0.6) is 0 Å². The van der Waals surface area contributed by atoms with Crippen LogP contribution in [0.1, 0.15) is 26.2 Å². The fraction of sp³-hybridized carbons (Fsp3) is 0.900. The van der Waals surface area contributed by atoms with Crippen LogP contribution in [0.25, 0.3) is 0 Å². The molecule has 0 aromatic rings. The van der Waals surface area contributed by atoms with Gasteiger partial charge in [0.25, 0.3) is 0 Å². The van der Waals surface area contributed by atoms with Crippen LogP contribution in [0.3, 0.4) is 0 Å². The van der Waals surface area contributed by atoms with Crippen LogP contribution in [0, 0.1) is 5.92 Å². The van der Waals surface area contributed by atoms with Gasteiger partial charge in [-0.1, -0.05) is 12.1 Å². The highest BCUT2D eigenvalue weighted by Crippen LogP contribution is 2.23. The first-order valence-corrected chi connectivity index (χ1v) is 7.52. The molecule has 1 heterocycles. The molecule has 0 aliphatic carbocycles. The van der Waals surface area contributed by atoms with E-state index in [9.17, 15) is 21.6 Å². The van der Waals surface area contributed by atoms with Gasteiger partial charge < -0.3 is 5.21 Å². The van der Waals surface area contributed by atoms with Crippen molar-refractivity contribution < 1.29 is 26.8 Å². The monoisotopic (exact) mass is 302 g/mol. The molecule has 1 rings (SSSR count). The maximum Gasteiger partial charge on any atom is 0.389 e. The molecule has 0 aromatic heterocycles. The lowest BCUT2D eigenvalue weighted by Gasteiger charge is -2.30. The number of rotatable bonds is 4. The van der Waals surface area contributed by atoms with Crippen molar-refractivity contribution in [1.29, 1.82) is 0 Å². The summed E-state index contributed by atoms with van der Waals surface area (Å²) in [5, 5.41) is 11.8. The molecule has 1 unspecified atom stereocenters. The Labute approximate surface area is 110 Å². The standard InChI is InChI=1S/C10H17F3N2O3S/c1-8-7-15(5-3-9(8)14-16)19(17,18)6-2-4-10(11,12)13/h8,16H,2-7H2,1H3. The number of halogens is 3. The van der Waals surface area contributed by atoms with Crippen LogP contribution in [0.15, 0.2) is 5.16 Å². The number of oxime groups is 1. The Bertz CT molecular complexity index is 434. The van der Waals surface area contributed by atoms with Crippen molar-refractivity contribution in [2.75, 3.05) is 18.8 Å². The van der Waals surface area contributed by atoms with Crippen molar-refractivity contribution in [3.05, 3.63) is 0 Å². The van der Waals surface area contributed by atoms with Crippen molar-refractivity contribution in [2.45, 2.75) is 32.4 Å². The lowest BCUT2D eigenvalue weighted by Crippen LogP contribution is -2.44. The highest BCUT2D eigenvalue weighted by atomic mass is 32.2. The molecular formula is C10H17F3N2O3S. The van der Waals surface area contributed by atoms with E-state index in [2.05, 4.69) is 5.16 Å². The summed E-state index contributed by atoms with van der Waals surface area (Å²) in [4.78, 5) is 0. The van der Waals surface area contributed by atoms with Crippen molar-refractivity contribution in [3.63, 3.8) is 0 Å². The Morgan fingerprint density at radius 2 is 2.11 bits per heavy atom. The fourth-order valence-electron chi connectivity index (χ4n) is 1.97. The molecule has 0 spiro atoms. The number of hydrogen-bond acceptors (Lipinski definition) is 4. The summed E-state index contributed by atoms with van der Waals surface area (Å²) >= 11 is 0. The maximum atomic E-state index is 12.0. The molecule has 1 atom stereocenters. The minimum Gasteiger partial charge on any atom is -0.411 e. The molecule has 0 bridgehead atoms. The van der Waals surface area contributed by atoms with Crippen LogP contribution in [-0.2, 0) is 10.0 Å². The lowest BCUT2D eigenvalue weighted by atomic mass is 10.00. The minimum absolute atomic E-state index is 0.147. The predicted octanol–water partition coefficient (Wildman–Crippen LogP) is 1.83. The van der Waals surface area contributed by atoms with E-state index in [-0.39, 0.29) is 19.0 Å². The molecule has 1 aliphatic heterocycles. The van der Waals surface area contributed by atoms with Gasteiger partial charge in [-0.2, -0.15) is 13.2 Å². The van der Waals surface area contributed by atoms with E-state index in [1.807, 2.05) is 0 Å². The zero-order chi connectivity index (χ0) is 14.7. The topological polar surface area (TPSA) is 70.0 Å². The Kier molecular flexibility index (Phi) is 5.19. The predicted molar refractivity (Wildman–Crippen MR) is 63.7 cm³/mol. The average Bonchev–Trinajstić information content (AvgIpc) is 2.26. The number of alkyl halides is 3. The van der Waals surface area contributed by atoms with Gasteiger partial charge in [0, 0.05) is 31.8 Å². The normalized spacial score (nSPS) is 24.8. The van der Waals surface area contributed by atoms with E-state index in [0.717, 1.165) is 0 Å². The second-order valence-corrected chi connectivity index (χ2v) is 6.72. The number of piperidine rings is 1. The van der Waals surface area contributed by atoms with Gasteiger partial charge in [0.1, 0.15) is 0 Å². The van der Waals surface area contributed by atoms with Crippen LogP contribution in [0.4, 0.5) is 13.2 Å². The molecule has 5 nitrogen and oxygen atoms in total. The summed E-state index contributed by atoms with van der Waals surface area (Å²) < 4.78 is 60.8. The van der Waals surface area contributed by atoms with E-state index < -0.39 is 34.8 Å². The van der Waals surface area contributed by atoms with Crippen molar-refractivity contribution in [1.82, 2.24) is 4.31 Å². The first-order chi connectivity index (χ1) is 8.65. The van der Waals surface area contributed by atoms with Gasteiger partial charge >= 0.3 is 6.18 Å². The number of sulfonamides is 1. The molecule has 1 N–H and O–H groups in total. The van der Waals surface area contributed by atoms with Gasteiger partial charge in [-0.15, -0.1) is 0 Å². The highest BCUT2D eigenvalue weighted by Gasteiger charge is 2.32. The Morgan fingerprint density at radius 1 is 1.47 bits per heavy atom. The van der Waals surface area contributed by atoms with Crippen LogP contribution in [0.2, 0.25) is 0 Å². The molecule has 9 heteroatoms. The second kappa shape index (κ2) is 6.08. The van der Waals surface area contributed by atoms with Gasteiger partial charge in [0.2, 0.25) is 10.0 Å². The maximum absolute atomic E-state index is 12.0. The van der Waals surface area contributed by atoms with Crippen molar-refractivity contribution in [3.8, 4) is 0 Å². The van der Waals surface area contributed by atoms with Crippen molar-refractivity contribution in [2.24, 2.45) is 11.1 Å². The molecule has 19 heavy (non-hydrogen) atoms. The van der Waals surface area contributed by atoms with Crippen LogP contribution in [-0.4, -0.2) is 48.7 Å². The van der Waals surface area contributed by atoms with Gasteiger partial charge in [-0.3, -0.25) is 0 Å². The van der Waals surface area contributed by atoms with Gasteiger partial charge in [-0.05, 0) is 6.42 Å². The summed E-state index contributed by atoms with van der Waals surface area (Å²) in [7, 11) is -3.67. The highest BCUT2D eigenvalue weighted by molar-refractivity contribution is 7.89. The fourth-order valence-corrected chi connectivity index (χ4v) is 3.56. The Balaban J connectivity index is 2.55. The number of nitrogens with zero attached hydrogens (tertiary/aromatic N) is 2. The molecule has 112 valence electrons. The van der Waals surface area contributed by atoms with Gasteiger partial charge in [0.05, 0.1) is 11.5 Å². The van der Waals surface area contributed by atoms with E-state index in [1.165, 1.54) is 4.31 Å². The lowest BCUT2D eigenvalue weighted by molar-refractivity contribution is -0.134. The third kappa shape index (κ3) is 4.98. The molecule has 0 amide bonds. The Morgan fingerprint density at radius 3 is 2.58 bits per heavy atom. The minimum atomic E-state index is -4.33. The SMILES string of the molecule is CC1CN(S(=O)(=O)CCCC(F)(F)F)CCC1=NO. The summed E-state index contributed by atoms with van der Waals surface area (Å²) in [6, 6.07) is 0. The zero-order valence-electron chi connectivity index (χ0n) is 10.5. The second-order valence-electron chi connectivity index (χ2n) is 4.64. The average molecular weight is 302 g/mol. The number of hydrogen-bond donors (Lipinski definition) is 1. The van der Waals surface area contributed by atoms with Gasteiger partial charge in [-0.25, -0.2) is 12.7 Å². The van der Waals surface area contributed by atoms with Crippen LogP contribution >= 0.6 is 0 Å². The molecule has 1 aliphatic rings. The quantitative estimate of drug-likeness (QED) is 0.636. The summed E-state index contributed by atoms with van der Waals surface area (Å²) in [6.45, 7) is 2.01. The summed E-state index contributed by atoms with van der Waals surface area (Å²) in [5.41, 5.74) is 0.516.